The van der Waals surface area contributed by atoms with E-state index >= 15 is 0 Å². The van der Waals surface area contributed by atoms with Gasteiger partial charge in [-0.3, -0.25) is 0 Å². The van der Waals surface area contributed by atoms with Crippen molar-refractivity contribution in [3.8, 4) is 11.5 Å². The van der Waals surface area contributed by atoms with Crippen molar-refractivity contribution in [1.29, 1.82) is 0 Å². The smallest absolute Gasteiger partial charge is 0.248 e. The number of aromatic nitrogens is 4. The number of nitrogens with two attached hydrogens (primary N) is 1. The summed E-state index contributed by atoms with van der Waals surface area (Å²) in [5, 5.41) is 6.07. The second-order valence-electron chi connectivity index (χ2n) is 8.69. The lowest BCUT2D eigenvalue weighted by Crippen LogP contribution is -2.33. The molecule has 0 bridgehead atoms. The fourth-order valence-electron chi connectivity index (χ4n) is 4.10. The number of hydrogen-bond acceptors (Lipinski definition) is 7. The molecule has 7 nitrogen and oxygen atoms in total. The van der Waals surface area contributed by atoms with Gasteiger partial charge in [0.2, 0.25) is 23.7 Å². The van der Waals surface area contributed by atoms with E-state index in [2.05, 4.69) is 30.6 Å². The minimum Gasteiger partial charge on any atom is -0.351 e. The maximum Gasteiger partial charge on any atom is 0.248 e. The molecule has 0 saturated heterocycles. The Labute approximate surface area is 187 Å². The highest BCUT2D eigenvalue weighted by atomic mass is 19.3. The fraction of sp³-hybridized carbons (Fsp3) is 0.619. The van der Waals surface area contributed by atoms with Crippen LogP contribution in [0.3, 0.4) is 0 Å². The van der Waals surface area contributed by atoms with Crippen LogP contribution in [0, 0.1) is 5.82 Å². The molecule has 2 aromatic heterocycles. The van der Waals surface area contributed by atoms with Gasteiger partial charge in [0.05, 0.1) is 5.69 Å². The molecule has 0 aromatic carbocycles. The zero-order valence-corrected chi connectivity index (χ0v) is 17.9. The van der Waals surface area contributed by atoms with E-state index in [0.29, 0.717) is 5.69 Å². The summed E-state index contributed by atoms with van der Waals surface area (Å²) in [5.41, 5.74) is 5.92. The van der Waals surface area contributed by atoms with Crippen LogP contribution in [0.25, 0.3) is 11.5 Å². The molecule has 2 fully saturated rings. The van der Waals surface area contributed by atoms with E-state index in [1.54, 1.807) is 0 Å². The van der Waals surface area contributed by atoms with E-state index in [-0.39, 0.29) is 93.4 Å². The third-order valence-corrected chi connectivity index (χ3v) is 6.06. The van der Waals surface area contributed by atoms with Crippen molar-refractivity contribution in [2.24, 2.45) is 5.73 Å². The molecule has 0 aliphatic heterocycles. The van der Waals surface area contributed by atoms with Crippen LogP contribution < -0.4 is 16.4 Å². The van der Waals surface area contributed by atoms with Gasteiger partial charge in [-0.25, -0.2) is 26.9 Å². The van der Waals surface area contributed by atoms with Gasteiger partial charge < -0.3 is 16.4 Å². The SMILES string of the molecule is NCc1ccc(F)c(-c2nc(NC3CCC(F)(F)CC3)nc(NC3CCC(F)(F)CC3)n2)n1. The highest BCUT2D eigenvalue weighted by Gasteiger charge is 2.36. The first-order valence-electron chi connectivity index (χ1n) is 11.0. The first kappa shape index (κ1) is 23.5. The highest BCUT2D eigenvalue weighted by molar-refractivity contribution is 5.55. The third kappa shape index (κ3) is 6.04. The molecule has 2 saturated carbocycles. The normalized spacial score (nSPS) is 21.0. The van der Waals surface area contributed by atoms with E-state index in [1.165, 1.54) is 12.1 Å². The van der Waals surface area contributed by atoms with Crippen LogP contribution in [-0.2, 0) is 6.54 Å². The third-order valence-electron chi connectivity index (χ3n) is 6.06. The first-order chi connectivity index (χ1) is 15.6. The first-order valence-corrected chi connectivity index (χ1v) is 11.0. The van der Waals surface area contributed by atoms with Crippen molar-refractivity contribution in [2.75, 3.05) is 10.6 Å². The Morgan fingerprint density at radius 2 is 1.27 bits per heavy atom. The molecule has 2 aromatic rings. The summed E-state index contributed by atoms with van der Waals surface area (Å²) in [7, 11) is 0. The van der Waals surface area contributed by atoms with Crippen molar-refractivity contribution in [2.45, 2.75) is 81.8 Å². The zero-order valence-electron chi connectivity index (χ0n) is 17.9. The van der Waals surface area contributed by atoms with Gasteiger partial charge in [-0.2, -0.15) is 15.0 Å². The van der Waals surface area contributed by atoms with Gasteiger partial charge in [0.25, 0.3) is 0 Å². The predicted molar refractivity (Wildman–Crippen MR) is 113 cm³/mol. The molecule has 0 unspecified atom stereocenters. The minimum absolute atomic E-state index is 0.0647. The summed E-state index contributed by atoms with van der Waals surface area (Å²) >= 11 is 0. The predicted octanol–water partition coefficient (Wildman–Crippen LogP) is 4.51. The molecule has 0 amide bonds. The number of nitrogens with one attached hydrogen (secondary N) is 2. The van der Waals surface area contributed by atoms with E-state index in [9.17, 15) is 22.0 Å². The number of hydrogen-bond donors (Lipinski definition) is 3. The lowest BCUT2D eigenvalue weighted by molar-refractivity contribution is -0.0366. The van der Waals surface area contributed by atoms with Gasteiger partial charge in [0.15, 0.2) is 11.6 Å². The standard InChI is InChI=1S/C21H26F5N7/c22-15-2-1-14(11-27)28-16(15)17-31-18(29-12-3-7-20(23,24)8-4-12)33-19(32-17)30-13-5-9-21(25,26)10-6-13/h1-2,12-13H,3-11,27H2,(H2,29,30,31,32,33). The van der Waals surface area contributed by atoms with Crippen LogP contribution in [0.4, 0.5) is 33.8 Å². The van der Waals surface area contributed by atoms with Crippen LogP contribution in [-0.4, -0.2) is 43.9 Å². The van der Waals surface area contributed by atoms with Crippen molar-refractivity contribution >= 4 is 11.9 Å². The van der Waals surface area contributed by atoms with Gasteiger partial charge in [0, 0.05) is 44.3 Å². The van der Waals surface area contributed by atoms with Crippen molar-refractivity contribution in [3.63, 3.8) is 0 Å². The molecule has 0 radical (unpaired) electrons. The number of halogens is 5. The van der Waals surface area contributed by atoms with E-state index in [1.807, 2.05) is 0 Å². The molecule has 2 aliphatic carbocycles. The number of pyridine rings is 1. The number of anilines is 2. The van der Waals surface area contributed by atoms with Crippen LogP contribution in [0.1, 0.15) is 57.1 Å². The van der Waals surface area contributed by atoms with Crippen LogP contribution in [0.5, 0.6) is 0 Å². The molecule has 12 heteroatoms. The fourth-order valence-corrected chi connectivity index (χ4v) is 4.10. The molecular formula is C21H26F5N7. The monoisotopic (exact) mass is 471 g/mol. The van der Waals surface area contributed by atoms with Crippen LogP contribution in [0.2, 0.25) is 0 Å². The van der Waals surface area contributed by atoms with Crippen molar-refractivity contribution in [3.05, 3.63) is 23.6 Å². The summed E-state index contributed by atoms with van der Waals surface area (Å²) in [4.78, 5) is 17.0. The van der Waals surface area contributed by atoms with Gasteiger partial charge >= 0.3 is 0 Å². The maximum atomic E-state index is 14.5. The van der Waals surface area contributed by atoms with Gasteiger partial charge in [-0.1, -0.05) is 0 Å². The lowest BCUT2D eigenvalue weighted by Gasteiger charge is -2.30. The quantitative estimate of drug-likeness (QED) is 0.533. The minimum atomic E-state index is -2.69. The Bertz CT molecular complexity index is 919. The summed E-state index contributed by atoms with van der Waals surface area (Å²) in [6.07, 6.45) is -0.101. The summed E-state index contributed by atoms with van der Waals surface area (Å²) < 4.78 is 68.5. The Morgan fingerprint density at radius 1 is 0.788 bits per heavy atom. The Kier molecular flexibility index (Phi) is 6.64. The van der Waals surface area contributed by atoms with Crippen molar-refractivity contribution < 1.29 is 22.0 Å². The summed E-state index contributed by atoms with van der Waals surface area (Å²) in [6.45, 7) is 0.0845. The van der Waals surface area contributed by atoms with Gasteiger partial charge in [0.1, 0.15) is 5.69 Å². The molecule has 180 valence electrons. The topological polar surface area (TPSA) is 102 Å². The largest absolute Gasteiger partial charge is 0.351 e. The average molecular weight is 471 g/mol. The second-order valence-corrected chi connectivity index (χ2v) is 8.69. The molecule has 4 N–H and O–H groups in total. The molecule has 2 heterocycles. The van der Waals surface area contributed by atoms with Gasteiger partial charge in [-0.05, 0) is 37.8 Å². The Hall–Kier alpha value is -2.63. The molecule has 0 atom stereocenters. The average Bonchev–Trinajstić information content (AvgIpc) is 2.77. The van der Waals surface area contributed by atoms with E-state index < -0.39 is 17.7 Å². The van der Waals surface area contributed by atoms with Crippen molar-refractivity contribution in [1.82, 2.24) is 19.9 Å². The van der Waals surface area contributed by atoms with Crippen LogP contribution in [0.15, 0.2) is 12.1 Å². The highest BCUT2D eigenvalue weighted by Crippen LogP contribution is 2.35. The molecule has 0 spiro atoms. The second kappa shape index (κ2) is 9.32. The Morgan fingerprint density at radius 3 is 1.73 bits per heavy atom. The molecule has 4 rings (SSSR count). The summed E-state index contributed by atoms with van der Waals surface area (Å²) in [5.74, 6) is -5.94. The molecular weight excluding hydrogens is 445 g/mol. The van der Waals surface area contributed by atoms with Crippen LogP contribution >= 0.6 is 0 Å². The molecule has 33 heavy (non-hydrogen) atoms. The number of rotatable bonds is 6. The summed E-state index contributed by atoms with van der Waals surface area (Å²) in [6, 6.07) is 2.09. The maximum absolute atomic E-state index is 14.5. The van der Waals surface area contributed by atoms with E-state index in [0.717, 1.165) is 0 Å². The zero-order chi connectivity index (χ0) is 23.6. The van der Waals surface area contributed by atoms with Gasteiger partial charge in [-0.15, -0.1) is 0 Å². The number of nitrogens with zero attached hydrogens (tertiary/aromatic N) is 4. The lowest BCUT2D eigenvalue weighted by atomic mass is 9.92. The molecule has 2 aliphatic rings. The Balaban J connectivity index is 1.60. The number of alkyl halides is 4. The van der Waals surface area contributed by atoms with E-state index in [4.69, 9.17) is 5.73 Å².